The van der Waals surface area contributed by atoms with Crippen LogP contribution in [0, 0.1) is 0 Å². The highest BCUT2D eigenvalue weighted by Gasteiger charge is 2.18. The Bertz CT molecular complexity index is 264. The third-order valence-electron chi connectivity index (χ3n) is 2.56. The van der Waals surface area contributed by atoms with E-state index >= 15 is 0 Å². The van der Waals surface area contributed by atoms with Gasteiger partial charge in [0.25, 0.3) is 0 Å². The zero-order valence-electron chi connectivity index (χ0n) is 8.73. The molecule has 1 unspecified atom stereocenters. The second-order valence-corrected chi connectivity index (χ2v) is 3.33. The molecule has 0 heterocycles. The molecule has 0 saturated carbocycles. The summed E-state index contributed by atoms with van der Waals surface area (Å²) in [4.78, 5) is 12.7. The van der Waals surface area contributed by atoms with Crippen molar-refractivity contribution in [2.45, 2.75) is 26.4 Å². The summed E-state index contributed by atoms with van der Waals surface area (Å²) in [6, 6.07) is 0. The molecule has 3 heteroatoms. The molecule has 3 nitrogen and oxygen atoms in total. The lowest BCUT2D eigenvalue weighted by Crippen LogP contribution is -2.27. The Morgan fingerprint density at radius 3 is 2.57 bits per heavy atom. The molecule has 0 fully saturated rings. The molecule has 0 saturated heterocycles. The van der Waals surface area contributed by atoms with Gasteiger partial charge in [0.05, 0.1) is 6.10 Å². The van der Waals surface area contributed by atoms with Crippen molar-refractivity contribution in [1.82, 2.24) is 4.90 Å². The number of hydrogen-bond donors (Lipinski definition) is 1. The van der Waals surface area contributed by atoms with Crippen LogP contribution in [0.1, 0.15) is 20.3 Å². The average molecular weight is 195 g/mol. The molecule has 1 N–H and O–H groups in total. The lowest BCUT2D eigenvalue weighted by Gasteiger charge is -2.28. The summed E-state index contributed by atoms with van der Waals surface area (Å²) < 4.78 is 0. The van der Waals surface area contributed by atoms with Crippen molar-refractivity contribution in [2.24, 2.45) is 0 Å². The van der Waals surface area contributed by atoms with Crippen LogP contribution in [0.5, 0.6) is 0 Å². The number of hydrogen-bond acceptors (Lipinski definition) is 3. The number of rotatable bonds is 4. The Morgan fingerprint density at radius 1 is 1.50 bits per heavy atom. The van der Waals surface area contributed by atoms with Gasteiger partial charge in [0.1, 0.15) is 6.29 Å². The molecule has 0 aliphatic heterocycles. The number of aldehydes is 1. The van der Waals surface area contributed by atoms with Gasteiger partial charge < -0.3 is 10.0 Å². The van der Waals surface area contributed by atoms with Gasteiger partial charge in [-0.2, -0.15) is 0 Å². The van der Waals surface area contributed by atoms with Gasteiger partial charge >= 0.3 is 0 Å². The lowest BCUT2D eigenvalue weighted by molar-refractivity contribution is -0.105. The van der Waals surface area contributed by atoms with Crippen molar-refractivity contribution in [3.63, 3.8) is 0 Å². The zero-order chi connectivity index (χ0) is 10.6. The maximum Gasteiger partial charge on any atom is 0.148 e. The molecular weight excluding hydrogens is 178 g/mol. The van der Waals surface area contributed by atoms with E-state index in [2.05, 4.69) is 18.7 Å². The highest BCUT2D eigenvalue weighted by molar-refractivity contribution is 5.76. The molecule has 1 aliphatic rings. The van der Waals surface area contributed by atoms with Gasteiger partial charge in [0.15, 0.2) is 0 Å². The first-order valence-corrected chi connectivity index (χ1v) is 5.01. The number of allylic oxidation sites excluding steroid dienone is 2. The fourth-order valence-corrected chi connectivity index (χ4v) is 1.67. The Balaban J connectivity index is 2.79. The third kappa shape index (κ3) is 2.23. The number of carbonyl (C=O) groups excluding carboxylic acids is 1. The van der Waals surface area contributed by atoms with E-state index < -0.39 is 6.10 Å². The summed E-state index contributed by atoms with van der Waals surface area (Å²) in [5, 5.41) is 9.61. The SMILES string of the molecule is CCN(CC)C1=CC=C(C=O)C(O)C1. The highest BCUT2D eigenvalue weighted by Crippen LogP contribution is 2.20. The van der Waals surface area contributed by atoms with Crippen LogP contribution in [0.15, 0.2) is 23.4 Å². The number of nitrogens with zero attached hydrogens (tertiary/aromatic N) is 1. The van der Waals surface area contributed by atoms with Crippen molar-refractivity contribution in [3.05, 3.63) is 23.4 Å². The third-order valence-corrected chi connectivity index (χ3v) is 2.56. The predicted molar refractivity (Wildman–Crippen MR) is 55.8 cm³/mol. The van der Waals surface area contributed by atoms with Crippen LogP contribution in [-0.2, 0) is 4.79 Å². The van der Waals surface area contributed by atoms with E-state index in [1.54, 1.807) is 6.08 Å². The van der Waals surface area contributed by atoms with E-state index in [0.717, 1.165) is 25.1 Å². The minimum Gasteiger partial charge on any atom is -0.388 e. The molecule has 0 aromatic rings. The molecule has 0 aromatic carbocycles. The van der Waals surface area contributed by atoms with Crippen LogP contribution in [-0.4, -0.2) is 35.5 Å². The first kappa shape index (κ1) is 11.0. The number of carbonyl (C=O) groups is 1. The molecule has 1 atom stereocenters. The molecule has 1 rings (SSSR count). The Kier molecular flexibility index (Phi) is 3.89. The second-order valence-electron chi connectivity index (χ2n) is 3.33. The minimum absolute atomic E-state index is 0.473. The molecule has 0 amide bonds. The molecule has 78 valence electrons. The van der Waals surface area contributed by atoms with Crippen LogP contribution in [0.4, 0.5) is 0 Å². The zero-order valence-corrected chi connectivity index (χ0v) is 8.73. The maximum absolute atomic E-state index is 10.5. The van der Waals surface area contributed by atoms with Gasteiger partial charge in [-0.15, -0.1) is 0 Å². The first-order valence-electron chi connectivity index (χ1n) is 5.01. The van der Waals surface area contributed by atoms with E-state index in [9.17, 15) is 9.90 Å². The minimum atomic E-state index is -0.631. The fourth-order valence-electron chi connectivity index (χ4n) is 1.67. The predicted octanol–water partition coefficient (Wildman–Crippen LogP) is 1.10. The summed E-state index contributed by atoms with van der Waals surface area (Å²) in [6.45, 7) is 6.02. The monoisotopic (exact) mass is 195 g/mol. The van der Waals surface area contributed by atoms with Crippen molar-refractivity contribution in [1.29, 1.82) is 0 Å². The van der Waals surface area contributed by atoms with Gasteiger partial charge in [-0.1, -0.05) is 6.08 Å². The fraction of sp³-hybridized carbons (Fsp3) is 0.545. The van der Waals surface area contributed by atoms with Crippen molar-refractivity contribution in [2.75, 3.05) is 13.1 Å². The normalized spacial score (nSPS) is 21.2. The molecule has 0 radical (unpaired) electrons. The summed E-state index contributed by atoms with van der Waals surface area (Å²) in [7, 11) is 0. The maximum atomic E-state index is 10.5. The molecule has 14 heavy (non-hydrogen) atoms. The summed E-state index contributed by atoms with van der Waals surface area (Å²) in [6.07, 6.45) is 4.26. The van der Waals surface area contributed by atoms with E-state index in [4.69, 9.17) is 0 Å². The summed E-state index contributed by atoms with van der Waals surface area (Å²) >= 11 is 0. The Hall–Kier alpha value is -1.09. The summed E-state index contributed by atoms with van der Waals surface area (Å²) in [5.74, 6) is 0. The van der Waals surface area contributed by atoms with E-state index in [-0.39, 0.29) is 0 Å². The topological polar surface area (TPSA) is 40.5 Å². The lowest BCUT2D eigenvalue weighted by atomic mass is 9.99. The van der Waals surface area contributed by atoms with E-state index in [1.165, 1.54) is 0 Å². The largest absolute Gasteiger partial charge is 0.388 e. The van der Waals surface area contributed by atoms with Crippen LogP contribution in [0.25, 0.3) is 0 Å². The molecule has 0 aromatic heterocycles. The second kappa shape index (κ2) is 4.96. The van der Waals surface area contributed by atoms with Gasteiger partial charge in [0, 0.05) is 30.8 Å². The van der Waals surface area contributed by atoms with E-state index in [0.29, 0.717) is 12.0 Å². The number of aliphatic hydroxyl groups is 1. The Labute approximate surface area is 84.7 Å². The number of aliphatic hydroxyl groups excluding tert-OH is 1. The quantitative estimate of drug-likeness (QED) is 0.683. The summed E-state index contributed by atoms with van der Waals surface area (Å²) in [5.41, 5.74) is 1.58. The molecule has 1 aliphatic carbocycles. The van der Waals surface area contributed by atoms with Gasteiger partial charge in [-0.3, -0.25) is 4.79 Å². The Morgan fingerprint density at radius 2 is 2.14 bits per heavy atom. The smallest absolute Gasteiger partial charge is 0.148 e. The van der Waals surface area contributed by atoms with Crippen LogP contribution in [0.2, 0.25) is 0 Å². The highest BCUT2D eigenvalue weighted by atomic mass is 16.3. The first-order chi connectivity index (χ1) is 6.72. The van der Waals surface area contributed by atoms with Crippen LogP contribution >= 0.6 is 0 Å². The standard InChI is InChI=1S/C11H17NO2/c1-3-12(4-2)10-6-5-9(8-13)11(14)7-10/h5-6,8,11,14H,3-4,7H2,1-2H3. The van der Waals surface area contributed by atoms with Gasteiger partial charge in [0.2, 0.25) is 0 Å². The van der Waals surface area contributed by atoms with Crippen LogP contribution in [0.3, 0.4) is 0 Å². The van der Waals surface area contributed by atoms with Crippen molar-refractivity contribution in [3.8, 4) is 0 Å². The average Bonchev–Trinajstić information content (AvgIpc) is 2.20. The van der Waals surface area contributed by atoms with Crippen molar-refractivity contribution >= 4 is 6.29 Å². The van der Waals surface area contributed by atoms with Crippen molar-refractivity contribution < 1.29 is 9.90 Å². The van der Waals surface area contributed by atoms with Gasteiger partial charge in [-0.05, 0) is 19.9 Å². The van der Waals surface area contributed by atoms with E-state index in [1.807, 2.05) is 6.08 Å². The molecule has 0 spiro atoms. The van der Waals surface area contributed by atoms with Crippen LogP contribution < -0.4 is 0 Å². The molecule has 0 bridgehead atoms. The molecular formula is C11H17NO2. The van der Waals surface area contributed by atoms with Gasteiger partial charge in [-0.25, -0.2) is 0 Å².